The van der Waals surface area contributed by atoms with Gasteiger partial charge in [0.05, 0.1) is 22.7 Å². The molecule has 0 saturated heterocycles. The lowest BCUT2D eigenvalue weighted by Gasteiger charge is -2.33. The third-order valence-electron chi connectivity index (χ3n) is 2.93. The molecule has 19 heavy (non-hydrogen) atoms. The van der Waals surface area contributed by atoms with Crippen LogP contribution in [0.25, 0.3) is 0 Å². The fourth-order valence-electron chi connectivity index (χ4n) is 1.31. The lowest BCUT2D eigenvalue weighted by atomic mass is 10.1. The van der Waals surface area contributed by atoms with Crippen LogP contribution in [0.3, 0.4) is 0 Å². The molecule has 108 valence electrons. The Morgan fingerprint density at radius 1 is 1.47 bits per heavy atom. The first-order valence-corrected chi connectivity index (χ1v) is 7.62. The van der Waals surface area contributed by atoms with Gasteiger partial charge in [0.2, 0.25) is 10.0 Å². The molecule has 0 amide bonds. The minimum Gasteiger partial charge on any atom is -0.396 e. The molecule has 0 unspecified atom stereocenters. The van der Waals surface area contributed by atoms with Gasteiger partial charge >= 0.3 is 0 Å². The van der Waals surface area contributed by atoms with E-state index in [1.807, 2.05) is 0 Å². The van der Waals surface area contributed by atoms with Gasteiger partial charge in [-0.25, -0.2) is 12.8 Å². The summed E-state index contributed by atoms with van der Waals surface area (Å²) >= 11 is 3.01. The Hall–Kier alpha value is -0.700. The second-order valence-electron chi connectivity index (χ2n) is 4.75. The van der Waals surface area contributed by atoms with Crippen LogP contribution in [0.15, 0.2) is 21.5 Å². The van der Waals surface area contributed by atoms with E-state index >= 15 is 0 Å². The zero-order valence-electron chi connectivity index (χ0n) is 10.8. The third-order valence-corrected chi connectivity index (χ3v) is 5.96. The molecule has 0 bridgehead atoms. The lowest BCUT2D eigenvalue weighted by molar-refractivity contribution is 0.138. The lowest BCUT2D eigenvalue weighted by Crippen LogP contribution is -2.47. The highest BCUT2D eigenvalue weighted by Crippen LogP contribution is 2.31. The van der Waals surface area contributed by atoms with Crippen molar-refractivity contribution in [3.63, 3.8) is 0 Å². The van der Waals surface area contributed by atoms with Crippen molar-refractivity contribution in [2.75, 3.05) is 19.4 Å². The van der Waals surface area contributed by atoms with Gasteiger partial charge in [-0.05, 0) is 41.9 Å². The van der Waals surface area contributed by atoms with Crippen molar-refractivity contribution in [3.8, 4) is 0 Å². The first kappa shape index (κ1) is 16.4. The summed E-state index contributed by atoms with van der Waals surface area (Å²) in [6.45, 7) is 2.80. The zero-order chi connectivity index (χ0) is 15.0. The van der Waals surface area contributed by atoms with Gasteiger partial charge in [-0.3, -0.25) is 0 Å². The number of nitrogens with zero attached hydrogens (tertiary/aromatic N) is 1. The summed E-state index contributed by atoms with van der Waals surface area (Å²) < 4.78 is 39.2. The highest BCUT2D eigenvalue weighted by molar-refractivity contribution is 9.10. The van der Waals surface area contributed by atoms with Crippen molar-refractivity contribution in [2.24, 2.45) is 0 Å². The van der Waals surface area contributed by atoms with E-state index in [1.54, 1.807) is 13.8 Å². The number of nitrogens with two attached hydrogens (primary N) is 1. The molecule has 0 fully saturated rings. The van der Waals surface area contributed by atoms with Gasteiger partial charge in [0.15, 0.2) is 0 Å². The molecule has 1 rings (SSSR count). The molecule has 1 aromatic rings. The van der Waals surface area contributed by atoms with E-state index in [4.69, 9.17) is 5.73 Å². The SMILES string of the molecule is CN(C(C)(C)CO)S(=O)(=O)c1cc(N)c(F)cc1Br. The monoisotopic (exact) mass is 354 g/mol. The van der Waals surface area contributed by atoms with Gasteiger partial charge in [-0.1, -0.05) is 0 Å². The molecule has 8 heteroatoms. The Bertz CT molecular complexity index is 590. The quantitative estimate of drug-likeness (QED) is 0.803. The van der Waals surface area contributed by atoms with E-state index in [0.717, 1.165) is 16.4 Å². The van der Waals surface area contributed by atoms with E-state index in [9.17, 15) is 17.9 Å². The van der Waals surface area contributed by atoms with Crippen LogP contribution in [0, 0.1) is 5.82 Å². The van der Waals surface area contributed by atoms with Gasteiger partial charge in [0.25, 0.3) is 0 Å². The van der Waals surface area contributed by atoms with Crippen LogP contribution in [-0.4, -0.2) is 37.0 Å². The maximum atomic E-state index is 13.2. The average Bonchev–Trinajstić information content (AvgIpc) is 2.32. The second kappa shape index (κ2) is 5.35. The maximum absolute atomic E-state index is 13.2. The first-order valence-electron chi connectivity index (χ1n) is 5.38. The molecule has 0 aliphatic carbocycles. The Labute approximate surface area is 120 Å². The first-order chi connectivity index (χ1) is 8.54. The predicted octanol–water partition coefficient (Wildman–Crippen LogP) is 1.56. The van der Waals surface area contributed by atoms with Crippen LogP contribution in [-0.2, 0) is 10.0 Å². The fraction of sp³-hybridized carbons (Fsp3) is 0.455. The van der Waals surface area contributed by atoms with Crippen molar-refractivity contribution >= 4 is 31.6 Å². The van der Waals surface area contributed by atoms with Crippen LogP contribution in [0.5, 0.6) is 0 Å². The van der Waals surface area contributed by atoms with Crippen LogP contribution in [0.4, 0.5) is 10.1 Å². The summed E-state index contributed by atoms with van der Waals surface area (Å²) in [6.07, 6.45) is 0. The Morgan fingerprint density at radius 3 is 2.47 bits per heavy atom. The van der Waals surface area contributed by atoms with Gasteiger partial charge < -0.3 is 10.8 Å². The van der Waals surface area contributed by atoms with Crippen molar-refractivity contribution in [1.82, 2.24) is 4.31 Å². The van der Waals surface area contributed by atoms with Gasteiger partial charge in [-0.15, -0.1) is 0 Å². The maximum Gasteiger partial charge on any atom is 0.244 e. The zero-order valence-corrected chi connectivity index (χ0v) is 13.2. The molecule has 0 aliphatic heterocycles. The van der Waals surface area contributed by atoms with Gasteiger partial charge in [0, 0.05) is 11.5 Å². The number of anilines is 1. The summed E-state index contributed by atoms with van der Waals surface area (Å²) in [5.41, 5.74) is 4.16. The number of nitrogen functional groups attached to an aromatic ring is 1. The van der Waals surface area contributed by atoms with Crippen molar-refractivity contribution < 1.29 is 17.9 Å². The van der Waals surface area contributed by atoms with Crippen LogP contribution in [0.2, 0.25) is 0 Å². The topological polar surface area (TPSA) is 83.6 Å². The van der Waals surface area contributed by atoms with Crippen molar-refractivity contribution in [2.45, 2.75) is 24.3 Å². The largest absolute Gasteiger partial charge is 0.396 e. The van der Waals surface area contributed by atoms with E-state index in [1.165, 1.54) is 7.05 Å². The molecule has 0 heterocycles. The number of aliphatic hydroxyl groups excluding tert-OH is 1. The smallest absolute Gasteiger partial charge is 0.244 e. The number of likely N-dealkylation sites (N-methyl/N-ethyl adjacent to an activating group) is 1. The Balaban J connectivity index is 3.40. The highest BCUT2D eigenvalue weighted by Gasteiger charge is 2.35. The molecule has 0 saturated carbocycles. The summed E-state index contributed by atoms with van der Waals surface area (Å²) in [7, 11) is -2.55. The minimum atomic E-state index is -3.90. The van der Waals surface area contributed by atoms with Crippen molar-refractivity contribution in [1.29, 1.82) is 0 Å². The summed E-state index contributed by atoms with van der Waals surface area (Å²) in [4.78, 5) is -0.143. The summed E-state index contributed by atoms with van der Waals surface area (Å²) in [5.74, 6) is -0.699. The van der Waals surface area contributed by atoms with Gasteiger partial charge in [0.1, 0.15) is 5.82 Å². The number of halogens is 2. The molecule has 5 nitrogen and oxygen atoms in total. The van der Waals surface area contributed by atoms with Crippen LogP contribution < -0.4 is 5.73 Å². The molecule has 0 spiro atoms. The van der Waals surface area contributed by atoms with E-state index in [-0.39, 0.29) is 21.7 Å². The second-order valence-corrected chi connectivity index (χ2v) is 7.54. The molecule has 0 aromatic heterocycles. The summed E-state index contributed by atoms with van der Waals surface area (Å²) in [5, 5.41) is 9.24. The highest BCUT2D eigenvalue weighted by atomic mass is 79.9. The van der Waals surface area contributed by atoms with E-state index in [0.29, 0.717) is 0 Å². The normalized spacial score (nSPS) is 13.0. The number of aliphatic hydroxyl groups is 1. The molecule has 1 aromatic carbocycles. The Morgan fingerprint density at radius 2 is 2.00 bits per heavy atom. The van der Waals surface area contributed by atoms with Gasteiger partial charge in [-0.2, -0.15) is 4.31 Å². The number of hydrogen-bond acceptors (Lipinski definition) is 4. The van der Waals surface area contributed by atoms with Crippen LogP contribution in [0.1, 0.15) is 13.8 Å². The standard InChI is InChI=1S/C11H16BrFN2O3S/c1-11(2,6-16)15(3)19(17,18)10-5-9(14)8(13)4-7(10)12/h4-5,16H,6,14H2,1-3H3. The number of benzene rings is 1. The fourth-order valence-corrected chi connectivity index (χ4v) is 3.83. The number of rotatable bonds is 4. The molecular formula is C11H16BrFN2O3S. The van der Waals surface area contributed by atoms with Crippen molar-refractivity contribution in [3.05, 3.63) is 22.4 Å². The summed E-state index contributed by atoms with van der Waals surface area (Å²) in [6, 6.07) is 2.06. The molecule has 0 aliphatic rings. The molecule has 0 atom stereocenters. The minimum absolute atomic E-state index is 0.0831. The van der Waals surface area contributed by atoms with Crippen LogP contribution >= 0.6 is 15.9 Å². The number of sulfonamides is 1. The van der Waals surface area contributed by atoms with E-state index < -0.39 is 21.4 Å². The predicted molar refractivity (Wildman–Crippen MR) is 74.6 cm³/mol. The molecular weight excluding hydrogens is 339 g/mol. The van der Waals surface area contributed by atoms with E-state index in [2.05, 4.69) is 15.9 Å². The molecule has 3 N–H and O–H groups in total. The average molecular weight is 355 g/mol. The number of hydrogen-bond donors (Lipinski definition) is 2. The third kappa shape index (κ3) is 3.07. The Kier molecular flexibility index (Phi) is 4.61. The molecule has 0 radical (unpaired) electrons.